The van der Waals surface area contributed by atoms with Crippen molar-refractivity contribution in [2.75, 3.05) is 12.0 Å². The third kappa shape index (κ3) is 5.07. The van der Waals surface area contributed by atoms with E-state index in [2.05, 4.69) is 10.5 Å². The summed E-state index contributed by atoms with van der Waals surface area (Å²) in [5.74, 6) is -3.06. The van der Waals surface area contributed by atoms with Gasteiger partial charge in [-0.15, -0.1) is 0 Å². The number of carboxylic acids is 1. The van der Waals surface area contributed by atoms with Gasteiger partial charge in [0.05, 0.1) is 28.8 Å². The number of sulfonamides is 1. The van der Waals surface area contributed by atoms with E-state index >= 15 is 0 Å². The molecule has 0 saturated carbocycles. The second-order valence-electron chi connectivity index (χ2n) is 5.15. The molecule has 0 saturated heterocycles. The SMILES string of the molecule is C/C(=N/Nc1ccc(F)cc1F)c1ccc(S(=O)(=O)NCC(=O)[O-])cc1. The van der Waals surface area contributed by atoms with Crippen LogP contribution >= 0.6 is 0 Å². The van der Waals surface area contributed by atoms with Crippen LogP contribution in [0.15, 0.2) is 52.5 Å². The molecule has 0 bridgehead atoms. The van der Waals surface area contributed by atoms with Crippen molar-refractivity contribution >= 4 is 27.4 Å². The number of carbonyl (C=O) groups is 1. The summed E-state index contributed by atoms with van der Waals surface area (Å²) in [5.41, 5.74) is 3.40. The number of anilines is 1. The molecule has 2 aromatic carbocycles. The Labute approximate surface area is 148 Å². The zero-order valence-corrected chi connectivity index (χ0v) is 14.3. The minimum Gasteiger partial charge on any atom is -0.549 e. The predicted molar refractivity (Wildman–Crippen MR) is 88.8 cm³/mol. The molecule has 2 aromatic rings. The molecule has 7 nitrogen and oxygen atoms in total. The first-order valence-corrected chi connectivity index (χ1v) is 8.72. The lowest BCUT2D eigenvalue weighted by atomic mass is 10.1. The third-order valence-electron chi connectivity index (χ3n) is 3.26. The Morgan fingerprint density at radius 3 is 2.38 bits per heavy atom. The first-order valence-electron chi connectivity index (χ1n) is 7.24. The predicted octanol–water partition coefficient (Wildman–Crippen LogP) is 0.829. The number of benzene rings is 2. The molecule has 0 radical (unpaired) electrons. The van der Waals surface area contributed by atoms with Crippen LogP contribution in [0.1, 0.15) is 12.5 Å². The molecule has 0 aliphatic rings. The summed E-state index contributed by atoms with van der Waals surface area (Å²) in [4.78, 5) is 10.2. The number of hydrazone groups is 1. The van der Waals surface area contributed by atoms with Crippen molar-refractivity contribution < 1.29 is 27.1 Å². The largest absolute Gasteiger partial charge is 0.549 e. The molecule has 0 heterocycles. The Hall–Kier alpha value is -2.85. The Morgan fingerprint density at radius 2 is 1.81 bits per heavy atom. The van der Waals surface area contributed by atoms with Gasteiger partial charge in [0.15, 0.2) is 5.82 Å². The molecule has 2 N–H and O–H groups in total. The van der Waals surface area contributed by atoms with Gasteiger partial charge in [0.25, 0.3) is 0 Å². The lowest BCUT2D eigenvalue weighted by molar-refractivity contribution is -0.303. The Balaban J connectivity index is 2.12. The van der Waals surface area contributed by atoms with Gasteiger partial charge >= 0.3 is 0 Å². The highest BCUT2D eigenvalue weighted by atomic mass is 32.2. The number of nitrogens with one attached hydrogen (secondary N) is 2. The van der Waals surface area contributed by atoms with E-state index in [1.807, 2.05) is 4.72 Å². The number of aliphatic carboxylic acids is 1. The van der Waals surface area contributed by atoms with Crippen LogP contribution in [0.5, 0.6) is 0 Å². The van der Waals surface area contributed by atoms with Crippen LogP contribution in [0.4, 0.5) is 14.5 Å². The zero-order chi connectivity index (χ0) is 19.3. The molecule has 0 unspecified atom stereocenters. The second-order valence-corrected chi connectivity index (χ2v) is 6.92. The average molecular weight is 382 g/mol. The fraction of sp³-hybridized carbons (Fsp3) is 0.125. The summed E-state index contributed by atoms with van der Waals surface area (Å²) >= 11 is 0. The Kier molecular flexibility index (Phi) is 6.01. The van der Waals surface area contributed by atoms with E-state index in [4.69, 9.17) is 0 Å². The van der Waals surface area contributed by atoms with Crippen LogP contribution in [0.3, 0.4) is 0 Å². The van der Waals surface area contributed by atoms with Gasteiger partial charge < -0.3 is 9.90 Å². The molecule has 0 fully saturated rings. The standard InChI is InChI=1S/C16H15F2N3O4S/c1-10(20-21-15-7-4-12(17)8-14(15)18)11-2-5-13(6-3-11)26(24,25)19-9-16(22)23/h2-8,19,21H,9H2,1H3,(H,22,23)/p-1/b20-10-. The van der Waals surface area contributed by atoms with Crippen molar-refractivity contribution in [3.8, 4) is 0 Å². The van der Waals surface area contributed by atoms with Crippen LogP contribution < -0.4 is 15.3 Å². The molecule has 0 aliphatic heterocycles. The summed E-state index contributed by atoms with van der Waals surface area (Å²) in [5, 5.41) is 14.3. The number of hydrogen-bond acceptors (Lipinski definition) is 6. The first-order chi connectivity index (χ1) is 12.2. The molecule has 26 heavy (non-hydrogen) atoms. The number of carbonyl (C=O) groups excluding carboxylic acids is 1. The van der Waals surface area contributed by atoms with Crippen LogP contribution in [-0.4, -0.2) is 26.6 Å². The molecular formula is C16H14F2N3O4S-. The van der Waals surface area contributed by atoms with E-state index in [0.717, 1.165) is 6.07 Å². The molecule has 0 aromatic heterocycles. The number of hydrogen-bond donors (Lipinski definition) is 2. The average Bonchev–Trinajstić information content (AvgIpc) is 2.59. The maximum absolute atomic E-state index is 13.5. The molecule has 2 rings (SSSR count). The molecule has 0 atom stereocenters. The molecule has 10 heteroatoms. The summed E-state index contributed by atoms with van der Waals surface area (Å²) in [6.45, 7) is 0.768. The number of halogens is 2. The summed E-state index contributed by atoms with van der Waals surface area (Å²) in [6, 6.07) is 8.43. The maximum Gasteiger partial charge on any atom is 0.240 e. The lowest BCUT2D eigenvalue weighted by Gasteiger charge is -2.08. The van der Waals surface area contributed by atoms with Crippen LogP contribution in [0.2, 0.25) is 0 Å². The smallest absolute Gasteiger partial charge is 0.240 e. The highest BCUT2D eigenvalue weighted by molar-refractivity contribution is 7.89. The van der Waals surface area contributed by atoms with E-state index in [-0.39, 0.29) is 10.6 Å². The number of rotatable bonds is 7. The first kappa shape index (κ1) is 19.5. The van der Waals surface area contributed by atoms with Crippen molar-refractivity contribution in [2.45, 2.75) is 11.8 Å². The molecule has 0 amide bonds. The van der Waals surface area contributed by atoms with Crippen molar-refractivity contribution in [1.29, 1.82) is 0 Å². The highest BCUT2D eigenvalue weighted by Crippen LogP contribution is 2.16. The maximum atomic E-state index is 13.5. The third-order valence-corrected chi connectivity index (χ3v) is 4.68. The Bertz CT molecular complexity index is 944. The monoisotopic (exact) mass is 382 g/mol. The van der Waals surface area contributed by atoms with Crippen molar-refractivity contribution in [3.05, 3.63) is 59.7 Å². The van der Waals surface area contributed by atoms with Crippen LogP contribution in [0.25, 0.3) is 0 Å². The normalized spacial score (nSPS) is 12.0. The minimum absolute atomic E-state index is 0.0172. The van der Waals surface area contributed by atoms with Gasteiger partial charge in [-0.05, 0) is 36.8 Å². The zero-order valence-electron chi connectivity index (χ0n) is 13.5. The quantitative estimate of drug-likeness (QED) is 0.544. The van der Waals surface area contributed by atoms with Gasteiger partial charge in [-0.1, -0.05) is 12.1 Å². The van der Waals surface area contributed by atoms with Crippen molar-refractivity contribution in [3.63, 3.8) is 0 Å². The fourth-order valence-corrected chi connectivity index (χ4v) is 2.87. The number of carboxylic acid groups (broad SMARTS) is 1. The van der Waals surface area contributed by atoms with E-state index in [9.17, 15) is 27.1 Å². The van der Waals surface area contributed by atoms with E-state index in [0.29, 0.717) is 17.3 Å². The molecule has 138 valence electrons. The Morgan fingerprint density at radius 1 is 1.15 bits per heavy atom. The van der Waals surface area contributed by atoms with Crippen LogP contribution in [-0.2, 0) is 14.8 Å². The van der Waals surface area contributed by atoms with Gasteiger partial charge in [0.2, 0.25) is 10.0 Å². The van der Waals surface area contributed by atoms with Gasteiger partial charge in [0, 0.05) is 6.07 Å². The minimum atomic E-state index is -3.97. The van der Waals surface area contributed by atoms with Crippen molar-refractivity contribution in [2.24, 2.45) is 5.10 Å². The van der Waals surface area contributed by atoms with Gasteiger partial charge in [-0.3, -0.25) is 5.43 Å². The van der Waals surface area contributed by atoms with E-state index in [1.54, 1.807) is 6.92 Å². The molecule has 0 spiro atoms. The summed E-state index contributed by atoms with van der Waals surface area (Å²) in [7, 11) is -3.97. The number of nitrogens with zero attached hydrogens (tertiary/aromatic N) is 1. The molecule has 0 aliphatic carbocycles. The second kappa shape index (κ2) is 8.02. The fourth-order valence-electron chi connectivity index (χ4n) is 1.90. The lowest BCUT2D eigenvalue weighted by Crippen LogP contribution is -2.37. The van der Waals surface area contributed by atoms with Gasteiger partial charge in [-0.2, -0.15) is 5.10 Å². The van der Waals surface area contributed by atoms with Crippen LogP contribution in [0, 0.1) is 11.6 Å². The van der Waals surface area contributed by atoms with E-state index in [1.165, 1.54) is 30.3 Å². The highest BCUT2D eigenvalue weighted by Gasteiger charge is 2.13. The summed E-state index contributed by atoms with van der Waals surface area (Å²) < 4.78 is 52.0. The molecular weight excluding hydrogens is 368 g/mol. The topological polar surface area (TPSA) is 111 Å². The van der Waals surface area contributed by atoms with Gasteiger partial charge in [-0.25, -0.2) is 21.9 Å². The van der Waals surface area contributed by atoms with Gasteiger partial charge in [0.1, 0.15) is 5.82 Å². The summed E-state index contributed by atoms with van der Waals surface area (Å²) in [6.07, 6.45) is 0. The van der Waals surface area contributed by atoms with Crippen molar-refractivity contribution in [1.82, 2.24) is 4.72 Å². The van der Waals surface area contributed by atoms with E-state index < -0.39 is 34.2 Å².